The van der Waals surface area contributed by atoms with E-state index in [0.717, 1.165) is 43.7 Å². The van der Waals surface area contributed by atoms with E-state index in [9.17, 15) is 5.11 Å². The summed E-state index contributed by atoms with van der Waals surface area (Å²) in [4.78, 5) is 0. The van der Waals surface area contributed by atoms with E-state index in [2.05, 4.69) is 23.3 Å². The van der Waals surface area contributed by atoms with Crippen LogP contribution in [-0.4, -0.2) is 21.5 Å². The molecule has 1 N–H and O–H groups in total. The number of fused-ring (bicyclic) bond motifs is 1. The first-order chi connectivity index (χ1) is 9.76. The predicted molar refractivity (Wildman–Crippen MR) is 76.8 cm³/mol. The molecule has 0 saturated heterocycles. The van der Waals surface area contributed by atoms with Gasteiger partial charge in [-0.3, -0.25) is 4.68 Å². The zero-order valence-corrected chi connectivity index (χ0v) is 11.7. The number of aliphatic hydroxyl groups is 1. The van der Waals surface area contributed by atoms with Gasteiger partial charge in [0.1, 0.15) is 5.75 Å². The Kier molecular flexibility index (Phi) is 3.74. The molecule has 0 bridgehead atoms. The van der Waals surface area contributed by atoms with Gasteiger partial charge in [-0.2, -0.15) is 5.10 Å². The maximum Gasteiger partial charge on any atom is 0.122 e. The Labute approximate surface area is 119 Å². The molecule has 2 aromatic rings. The lowest BCUT2D eigenvalue weighted by Gasteiger charge is -2.05. The zero-order valence-electron chi connectivity index (χ0n) is 11.7. The van der Waals surface area contributed by atoms with Crippen LogP contribution in [0.5, 0.6) is 5.75 Å². The monoisotopic (exact) mass is 272 g/mol. The summed E-state index contributed by atoms with van der Waals surface area (Å²) in [6.45, 7) is 3.60. The maximum atomic E-state index is 9.77. The normalized spacial score (nSPS) is 14.9. The first-order valence-electron chi connectivity index (χ1n) is 7.21. The molecule has 1 unspecified atom stereocenters. The Morgan fingerprint density at radius 3 is 3.20 bits per heavy atom. The van der Waals surface area contributed by atoms with Crippen molar-refractivity contribution in [3.8, 4) is 5.75 Å². The molecule has 0 fully saturated rings. The molecule has 0 radical (unpaired) electrons. The third-order valence-electron chi connectivity index (χ3n) is 3.81. The van der Waals surface area contributed by atoms with E-state index >= 15 is 0 Å². The summed E-state index contributed by atoms with van der Waals surface area (Å²) in [6, 6.07) is 6.41. The van der Waals surface area contributed by atoms with E-state index in [-0.39, 0.29) is 0 Å². The molecular formula is C16H20N2O2. The quantitative estimate of drug-likeness (QED) is 0.909. The fourth-order valence-electron chi connectivity index (χ4n) is 2.55. The molecule has 4 nitrogen and oxygen atoms in total. The van der Waals surface area contributed by atoms with E-state index in [4.69, 9.17) is 4.74 Å². The van der Waals surface area contributed by atoms with Crippen LogP contribution < -0.4 is 4.74 Å². The summed E-state index contributed by atoms with van der Waals surface area (Å²) < 4.78 is 7.41. The standard InChI is InChI=1S/C16H20N2O2/c1-2-15(19)14-10-17-18(11-14)7-5-12-3-4-16-13(9-12)6-8-20-16/h3-4,9-11,15,19H,2,5-8H2,1H3. The van der Waals surface area contributed by atoms with Crippen LogP contribution >= 0.6 is 0 Å². The highest BCUT2D eigenvalue weighted by Crippen LogP contribution is 2.26. The fourth-order valence-corrected chi connectivity index (χ4v) is 2.55. The van der Waals surface area contributed by atoms with Gasteiger partial charge in [0.25, 0.3) is 0 Å². The average Bonchev–Trinajstić information content (AvgIpc) is 3.12. The number of hydrogen-bond acceptors (Lipinski definition) is 3. The van der Waals surface area contributed by atoms with Crippen molar-refractivity contribution in [1.29, 1.82) is 0 Å². The minimum atomic E-state index is -0.402. The van der Waals surface area contributed by atoms with Crippen LogP contribution in [0.1, 0.15) is 36.1 Å². The van der Waals surface area contributed by atoms with Crippen molar-refractivity contribution in [1.82, 2.24) is 9.78 Å². The van der Waals surface area contributed by atoms with Crippen LogP contribution in [0.2, 0.25) is 0 Å². The second-order valence-electron chi connectivity index (χ2n) is 5.25. The third-order valence-corrected chi connectivity index (χ3v) is 3.81. The first kappa shape index (κ1) is 13.2. The Morgan fingerprint density at radius 2 is 2.35 bits per heavy atom. The predicted octanol–water partition coefficient (Wildman–Crippen LogP) is 2.50. The van der Waals surface area contributed by atoms with E-state index in [0.29, 0.717) is 0 Å². The van der Waals surface area contributed by atoms with E-state index < -0.39 is 6.10 Å². The van der Waals surface area contributed by atoms with Crippen molar-refractivity contribution >= 4 is 0 Å². The molecule has 1 aliphatic rings. The van der Waals surface area contributed by atoms with E-state index in [1.54, 1.807) is 6.20 Å². The molecule has 1 atom stereocenters. The van der Waals surface area contributed by atoms with Crippen molar-refractivity contribution in [3.05, 3.63) is 47.3 Å². The number of benzene rings is 1. The maximum absolute atomic E-state index is 9.77. The largest absolute Gasteiger partial charge is 0.493 e. The average molecular weight is 272 g/mol. The number of aryl methyl sites for hydroxylation is 2. The van der Waals surface area contributed by atoms with E-state index in [1.807, 2.05) is 17.8 Å². The van der Waals surface area contributed by atoms with Gasteiger partial charge in [0.2, 0.25) is 0 Å². The molecule has 2 heterocycles. The number of nitrogens with zero attached hydrogens (tertiary/aromatic N) is 2. The molecule has 20 heavy (non-hydrogen) atoms. The number of aromatic nitrogens is 2. The molecule has 0 spiro atoms. The fraction of sp³-hybridized carbons (Fsp3) is 0.438. The highest BCUT2D eigenvalue weighted by molar-refractivity contribution is 5.39. The molecule has 0 amide bonds. The minimum Gasteiger partial charge on any atom is -0.493 e. The van der Waals surface area contributed by atoms with Crippen LogP contribution in [0.15, 0.2) is 30.6 Å². The van der Waals surface area contributed by atoms with Gasteiger partial charge in [0, 0.05) is 24.7 Å². The minimum absolute atomic E-state index is 0.402. The molecule has 0 aliphatic carbocycles. The highest BCUT2D eigenvalue weighted by Gasteiger charge is 2.12. The number of aliphatic hydroxyl groups excluding tert-OH is 1. The summed E-state index contributed by atoms with van der Waals surface area (Å²) in [7, 11) is 0. The molecule has 1 aromatic carbocycles. The van der Waals surface area contributed by atoms with Gasteiger partial charge in [-0.25, -0.2) is 0 Å². The van der Waals surface area contributed by atoms with Gasteiger partial charge in [-0.1, -0.05) is 19.1 Å². The first-order valence-corrected chi connectivity index (χ1v) is 7.21. The molecule has 106 valence electrons. The Morgan fingerprint density at radius 1 is 1.45 bits per heavy atom. The lowest BCUT2D eigenvalue weighted by atomic mass is 10.1. The topological polar surface area (TPSA) is 47.3 Å². The Hall–Kier alpha value is -1.81. The smallest absolute Gasteiger partial charge is 0.122 e. The van der Waals surface area contributed by atoms with Gasteiger partial charge in [-0.15, -0.1) is 0 Å². The third kappa shape index (κ3) is 2.70. The SMILES string of the molecule is CCC(O)c1cnn(CCc2ccc3c(c2)CCO3)c1. The molecule has 0 saturated carbocycles. The number of ether oxygens (including phenoxy) is 1. The second kappa shape index (κ2) is 5.67. The number of hydrogen-bond donors (Lipinski definition) is 1. The Bertz CT molecular complexity index is 592. The summed E-state index contributed by atoms with van der Waals surface area (Å²) >= 11 is 0. The molecule has 1 aliphatic heterocycles. The zero-order chi connectivity index (χ0) is 13.9. The van der Waals surface area contributed by atoms with Crippen molar-refractivity contribution in [2.45, 2.75) is 38.8 Å². The van der Waals surface area contributed by atoms with Crippen molar-refractivity contribution in [2.75, 3.05) is 6.61 Å². The second-order valence-corrected chi connectivity index (χ2v) is 5.25. The van der Waals surface area contributed by atoms with E-state index in [1.165, 1.54) is 11.1 Å². The highest BCUT2D eigenvalue weighted by atomic mass is 16.5. The van der Waals surface area contributed by atoms with Crippen LogP contribution in [-0.2, 0) is 19.4 Å². The summed E-state index contributed by atoms with van der Waals surface area (Å²) in [5.41, 5.74) is 3.52. The molecule has 1 aromatic heterocycles. The summed E-state index contributed by atoms with van der Waals surface area (Å²) in [5.74, 6) is 1.03. The Balaban J connectivity index is 1.63. The van der Waals surface area contributed by atoms with Crippen molar-refractivity contribution in [2.24, 2.45) is 0 Å². The van der Waals surface area contributed by atoms with Gasteiger partial charge >= 0.3 is 0 Å². The molecule has 3 rings (SSSR count). The lowest BCUT2D eigenvalue weighted by Crippen LogP contribution is -2.02. The van der Waals surface area contributed by atoms with Crippen molar-refractivity contribution in [3.63, 3.8) is 0 Å². The van der Waals surface area contributed by atoms with Gasteiger partial charge in [-0.05, 0) is 30.0 Å². The summed E-state index contributed by atoms with van der Waals surface area (Å²) in [6.07, 6.45) is 5.96. The van der Waals surface area contributed by atoms with Crippen LogP contribution in [0.25, 0.3) is 0 Å². The van der Waals surface area contributed by atoms with Gasteiger partial charge < -0.3 is 9.84 Å². The number of rotatable bonds is 5. The van der Waals surface area contributed by atoms with Crippen LogP contribution in [0, 0.1) is 0 Å². The van der Waals surface area contributed by atoms with Gasteiger partial charge in [0.05, 0.1) is 18.9 Å². The van der Waals surface area contributed by atoms with Gasteiger partial charge in [0.15, 0.2) is 0 Å². The van der Waals surface area contributed by atoms with Crippen LogP contribution in [0.3, 0.4) is 0 Å². The summed E-state index contributed by atoms with van der Waals surface area (Å²) in [5, 5.41) is 14.1. The molecule has 4 heteroatoms. The lowest BCUT2D eigenvalue weighted by molar-refractivity contribution is 0.173. The molecular weight excluding hydrogens is 252 g/mol. The van der Waals surface area contributed by atoms with Crippen LogP contribution in [0.4, 0.5) is 0 Å². The van der Waals surface area contributed by atoms with Crippen molar-refractivity contribution < 1.29 is 9.84 Å².